The SMILES string of the molecule is CCCC(N)C(=O)Nc1ccc2c(c1)CCN2C(=O)c1cccnc1.Cl. The van der Waals surface area contributed by atoms with Gasteiger partial charge in [-0.2, -0.15) is 0 Å². The van der Waals surface area contributed by atoms with Crippen LogP contribution in [0, 0.1) is 0 Å². The van der Waals surface area contributed by atoms with Gasteiger partial charge in [0.25, 0.3) is 5.91 Å². The zero-order valence-electron chi connectivity index (χ0n) is 14.6. The molecule has 1 aromatic carbocycles. The number of nitrogens with one attached hydrogen (secondary N) is 1. The largest absolute Gasteiger partial charge is 0.325 e. The van der Waals surface area contributed by atoms with Gasteiger partial charge in [-0.1, -0.05) is 13.3 Å². The topological polar surface area (TPSA) is 88.3 Å². The fourth-order valence-electron chi connectivity index (χ4n) is 3.01. The van der Waals surface area contributed by atoms with Gasteiger partial charge in [-0.3, -0.25) is 14.6 Å². The molecule has 6 nitrogen and oxygen atoms in total. The first-order valence-corrected chi connectivity index (χ1v) is 8.51. The standard InChI is InChI=1S/C19H22N4O2.ClH/c1-2-4-16(20)18(24)22-15-6-7-17-13(11-15)8-10-23(17)19(25)14-5-3-9-21-12-14;/h3,5-7,9,11-12,16H,2,4,8,10,20H2,1H3,(H,22,24);1H. The van der Waals surface area contributed by atoms with E-state index in [1.807, 2.05) is 25.1 Å². The zero-order chi connectivity index (χ0) is 17.8. The minimum Gasteiger partial charge on any atom is -0.325 e. The summed E-state index contributed by atoms with van der Waals surface area (Å²) in [7, 11) is 0. The second-order valence-corrected chi connectivity index (χ2v) is 6.18. The number of halogens is 1. The van der Waals surface area contributed by atoms with Crippen molar-refractivity contribution in [2.45, 2.75) is 32.2 Å². The van der Waals surface area contributed by atoms with Crippen LogP contribution in [0.4, 0.5) is 11.4 Å². The molecule has 0 saturated heterocycles. The van der Waals surface area contributed by atoms with Gasteiger partial charge in [-0.15, -0.1) is 12.4 Å². The lowest BCUT2D eigenvalue weighted by atomic mass is 10.1. The fourth-order valence-corrected chi connectivity index (χ4v) is 3.01. The van der Waals surface area contributed by atoms with Gasteiger partial charge in [-0.05, 0) is 48.7 Å². The number of nitrogens with two attached hydrogens (primary N) is 1. The van der Waals surface area contributed by atoms with Gasteiger partial charge in [0.15, 0.2) is 0 Å². The zero-order valence-corrected chi connectivity index (χ0v) is 15.5. The van der Waals surface area contributed by atoms with E-state index in [-0.39, 0.29) is 24.2 Å². The predicted molar refractivity (Wildman–Crippen MR) is 105 cm³/mol. The second kappa shape index (κ2) is 8.78. The van der Waals surface area contributed by atoms with E-state index in [4.69, 9.17) is 5.73 Å². The lowest BCUT2D eigenvalue weighted by Gasteiger charge is -2.18. The Morgan fingerprint density at radius 2 is 2.15 bits per heavy atom. The molecular formula is C19H23ClN4O2. The molecule has 138 valence electrons. The van der Waals surface area contributed by atoms with Crippen molar-refractivity contribution in [2.24, 2.45) is 5.73 Å². The highest BCUT2D eigenvalue weighted by molar-refractivity contribution is 6.07. The van der Waals surface area contributed by atoms with Gasteiger partial charge in [0, 0.05) is 30.3 Å². The number of anilines is 2. The summed E-state index contributed by atoms with van der Waals surface area (Å²) in [5.74, 6) is -0.239. The van der Waals surface area contributed by atoms with Crippen molar-refractivity contribution in [1.29, 1.82) is 0 Å². The van der Waals surface area contributed by atoms with E-state index in [1.165, 1.54) is 0 Å². The van der Waals surface area contributed by atoms with Crippen molar-refractivity contribution in [3.63, 3.8) is 0 Å². The lowest BCUT2D eigenvalue weighted by molar-refractivity contribution is -0.117. The van der Waals surface area contributed by atoms with Crippen LogP contribution in [-0.2, 0) is 11.2 Å². The van der Waals surface area contributed by atoms with Gasteiger partial charge >= 0.3 is 0 Å². The molecule has 2 amide bonds. The second-order valence-electron chi connectivity index (χ2n) is 6.18. The summed E-state index contributed by atoms with van der Waals surface area (Å²) in [6, 6.07) is 8.62. The minimum absolute atomic E-state index is 0. The summed E-state index contributed by atoms with van der Waals surface area (Å²) < 4.78 is 0. The third kappa shape index (κ3) is 4.20. The molecule has 1 aromatic heterocycles. The molecule has 0 fully saturated rings. The van der Waals surface area contributed by atoms with Crippen molar-refractivity contribution < 1.29 is 9.59 Å². The van der Waals surface area contributed by atoms with Gasteiger partial charge < -0.3 is 16.0 Å². The summed E-state index contributed by atoms with van der Waals surface area (Å²) >= 11 is 0. The van der Waals surface area contributed by atoms with E-state index in [0.717, 1.165) is 24.1 Å². The first-order valence-electron chi connectivity index (χ1n) is 8.51. The Kier molecular flexibility index (Phi) is 6.71. The summed E-state index contributed by atoms with van der Waals surface area (Å²) in [5.41, 5.74) is 9.05. The first kappa shape index (κ1) is 19.9. The average molecular weight is 375 g/mol. The Morgan fingerprint density at radius 1 is 1.35 bits per heavy atom. The van der Waals surface area contributed by atoms with E-state index in [0.29, 0.717) is 24.2 Å². The number of rotatable bonds is 5. The molecule has 1 aliphatic rings. The van der Waals surface area contributed by atoms with Crippen molar-refractivity contribution in [1.82, 2.24) is 4.98 Å². The Balaban J connectivity index is 0.00000243. The molecule has 1 unspecified atom stereocenters. The number of pyridine rings is 1. The van der Waals surface area contributed by atoms with Gasteiger partial charge in [0.2, 0.25) is 5.91 Å². The third-order valence-electron chi connectivity index (χ3n) is 4.33. The average Bonchev–Trinajstić information content (AvgIpc) is 3.05. The maximum absolute atomic E-state index is 12.6. The van der Waals surface area contributed by atoms with Gasteiger partial charge in [-0.25, -0.2) is 0 Å². The smallest absolute Gasteiger partial charge is 0.259 e. The summed E-state index contributed by atoms with van der Waals surface area (Å²) in [4.78, 5) is 30.4. The molecule has 2 aromatic rings. The maximum atomic E-state index is 12.6. The Hall–Kier alpha value is -2.44. The first-order chi connectivity index (χ1) is 12.1. The lowest BCUT2D eigenvalue weighted by Crippen LogP contribution is -2.35. The number of hydrogen-bond acceptors (Lipinski definition) is 4. The number of carbonyl (C=O) groups excluding carboxylic acids is 2. The van der Waals surface area contributed by atoms with Crippen LogP contribution in [0.3, 0.4) is 0 Å². The predicted octanol–water partition coefficient (Wildman–Crippen LogP) is 2.77. The molecular weight excluding hydrogens is 352 g/mol. The summed E-state index contributed by atoms with van der Waals surface area (Å²) in [6.07, 6.45) is 5.50. The Labute approximate surface area is 159 Å². The normalized spacial score (nSPS) is 13.5. The molecule has 0 radical (unpaired) electrons. The number of fused-ring (bicyclic) bond motifs is 1. The van der Waals surface area contributed by atoms with Crippen LogP contribution < -0.4 is 16.0 Å². The van der Waals surface area contributed by atoms with Crippen molar-refractivity contribution in [2.75, 3.05) is 16.8 Å². The number of aromatic nitrogens is 1. The molecule has 0 saturated carbocycles. The van der Waals surface area contributed by atoms with E-state index in [9.17, 15) is 9.59 Å². The highest BCUT2D eigenvalue weighted by Gasteiger charge is 2.26. The monoisotopic (exact) mass is 374 g/mol. The highest BCUT2D eigenvalue weighted by atomic mass is 35.5. The van der Waals surface area contributed by atoms with Crippen molar-refractivity contribution >= 4 is 35.6 Å². The van der Waals surface area contributed by atoms with Crippen LogP contribution in [0.25, 0.3) is 0 Å². The van der Waals surface area contributed by atoms with Crippen LogP contribution >= 0.6 is 12.4 Å². The third-order valence-corrected chi connectivity index (χ3v) is 4.33. The minimum atomic E-state index is -0.498. The van der Waals surface area contributed by atoms with Crippen molar-refractivity contribution in [3.05, 3.63) is 53.9 Å². The van der Waals surface area contributed by atoms with Crippen molar-refractivity contribution in [3.8, 4) is 0 Å². The molecule has 3 rings (SSSR count). The number of benzene rings is 1. The van der Waals surface area contributed by atoms with E-state index < -0.39 is 6.04 Å². The Bertz CT molecular complexity index is 782. The molecule has 2 heterocycles. The molecule has 26 heavy (non-hydrogen) atoms. The molecule has 1 atom stereocenters. The molecule has 7 heteroatoms. The number of carbonyl (C=O) groups is 2. The maximum Gasteiger partial charge on any atom is 0.259 e. The number of amides is 2. The molecule has 0 spiro atoms. The summed E-state index contributed by atoms with van der Waals surface area (Å²) in [5, 5.41) is 2.85. The van der Waals surface area contributed by atoms with Gasteiger partial charge in [0.05, 0.1) is 11.6 Å². The van der Waals surface area contributed by atoms with Crippen LogP contribution in [0.1, 0.15) is 35.7 Å². The van der Waals surface area contributed by atoms with Crippen LogP contribution in [0.15, 0.2) is 42.7 Å². The van der Waals surface area contributed by atoms with E-state index in [2.05, 4.69) is 10.3 Å². The molecule has 1 aliphatic heterocycles. The highest BCUT2D eigenvalue weighted by Crippen LogP contribution is 2.31. The quantitative estimate of drug-likeness (QED) is 0.842. The number of hydrogen-bond donors (Lipinski definition) is 2. The molecule has 0 aliphatic carbocycles. The fraction of sp³-hybridized carbons (Fsp3) is 0.316. The van der Waals surface area contributed by atoms with E-state index >= 15 is 0 Å². The van der Waals surface area contributed by atoms with Crippen LogP contribution in [0.2, 0.25) is 0 Å². The van der Waals surface area contributed by atoms with Crippen LogP contribution in [0.5, 0.6) is 0 Å². The molecule has 3 N–H and O–H groups in total. The Morgan fingerprint density at radius 3 is 2.85 bits per heavy atom. The van der Waals surface area contributed by atoms with Crippen LogP contribution in [-0.4, -0.2) is 29.4 Å². The van der Waals surface area contributed by atoms with E-state index in [1.54, 1.807) is 29.4 Å². The molecule has 0 bridgehead atoms. The number of nitrogens with zero attached hydrogens (tertiary/aromatic N) is 2. The summed E-state index contributed by atoms with van der Waals surface area (Å²) in [6.45, 7) is 2.62. The van der Waals surface area contributed by atoms with Gasteiger partial charge in [0.1, 0.15) is 0 Å².